The minimum Gasteiger partial charge on any atom is -0.296 e. The van der Waals surface area contributed by atoms with Crippen molar-refractivity contribution < 1.29 is 9.18 Å². The van der Waals surface area contributed by atoms with E-state index in [-0.39, 0.29) is 17.6 Å². The van der Waals surface area contributed by atoms with Gasteiger partial charge in [0.25, 0.3) is 0 Å². The molecule has 0 radical (unpaired) electrons. The molecular weight excluding hydrogens is 229 g/mol. The number of fused-ring (bicyclic) bond motifs is 2. The van der Waals surface area contributed by atoms with Gasteiger partial charge in [0.1, 0.15) is 5.82 Å². The lowest BCUT2D eigenvalue weighted by Gasteiger charge is -2.32. The third-order valence-corrected chi connectivity index (χ3v) is 4.14. The minimum absolute atomic E-state index is 0.245. The van der Waals surface area contributed by atoms with Crippen molar-refractivity contribution in [1.29, 1.82) is 0 Å². The summed E-state index contributed by atoms with van der Waals surface area (Å²) in [5.41, 5.74) is 1.79. The fourth-order valence-electron chi connectivity index (χ4n) is 3.07. The zero-order valence-corrected chi connectivity index (χ0v) is 10.4. The Morgan fingerprint density at radius 3 is 2.72 bits per heavy atom. The molecule has 2 aliphatic rings. The molecule has 18 heavy (non-hydrogen) atoms. The second-order valence-corrected chi connectivity index (χ2v) is 5.19. The highest BCUT2D eigenvalue weighted by Gasteiger charge is 2.41. The van der Waals surface area contributed by atoms with Crippen LogP contribution in [0, 0.1) is 5.82 Å². The molecule has 2 fully saturated rings. The standard InChI is InChI=1S/C15H16FNO/c1-17-12-6-7-14(17)13(15(18)9-12)8-10-2-4-11(16)5-3-10/h2-5,8,12,14H,6-7,9H2,1H3/b13-8-/t12-,14-/m0/s1. The highest BCUT2D eigenvalue weighted by Crippen LogP contribution is 2.36. The van der Waals surface area contributed by atoms with Crippen LogP contribution < -0.4 is 0 Å². The number of benzene rings is 1. The zero-order chi connectivity index (χ0) is 12.7. The van der Waals surface area contributed by atoms with Crippen molar-refractivity contribution in [2.75, 3.05) is 7.05 Å². The lowest BCUT2D eigenvalue weighted by Crippen LogP contribution is -2.41. The Morgan fingerprint density at radius 2 is 2.00 bits per heavy atom. The van der Waals surface area contributed by atoms with Gasteiger partial charge in [-0.15, -0.1) is 0 Å². The van der Waals surface area contributed by atoms with Gasteiger partial charge in [-0.3, -0.25) is 9.69 Å². The molecule has 0 unspecified atom stereocenters. The van der Waals surface area contributed by atoms with Crippen LogP contribution in [0.2, 0.25) is 0 Å². The topological polar surface area (TPSA) is 20.3 Å². The average Bonchev–Trinajstić information content (AvgIpc) is 2.61. The lowest BCUT2D eigenvalue weighted by atomic mass is 9.94. The molecule has 2 nitrogen and oxygen atoms in total. The van der Waals surface area contributed by atoms with E-state index < -0.39 is 0 Å². The Hall–Kier alpha value is -1.48. The van der Waals surface area contributed by atoms with Crippen molar-refractivity contribution in [2.24, 2.45) is 0 Å². The molecule has 2 atom stereocenters. The molecule has 2 aliphatic heterocycles. The number of hydrogen-bond acceptors (Lipinski definition) is 2. The molecule has 0 aliphatic carbocycles. The van der Waals surface area contributed by atoms with Crippen LogP contribution in [0.4, 0.5) is 4.39 Å². The maximum Gasteiger partial charge on any atom is 0.162 e. The number of ketones is 1. The summed E-state index contributed by atoms with van der Waals surface area (Å²) >= 11 is 0. The first-order chi connectivity index (χ1) is 8.65. The van der Waals surface area contributed by atoms with Crippen molar-refractivity contribution in [3.63, 3.8) is 0 Å². The van der Waals surface area contributed by atoms with E-state index in [1.807, 2.05) is 6.08 Å². The number of likely N-dealkylation sites (N-methyl/N-ethyl adjacent to an activating group) is 1. The first kappa shape index (κ1) is 11.6. The number of piperidine rings is 1. The number of Topliss-reactive ketones (excluding diaryl/α,β-unsaturated/α-hetero) is 1. The Labute approximate surface area is 106 Å². The monoisotopic (exact) mass is 245 g/mol. The second kappa shape index (κ2) is 4.32. The third kappa shape index (κ3) is 1.89. The van der Waals surface area contributed by atoms with Gasteiger partial charge in [0.15, 0.2) is 5.78 Å². The summed E-state index contributed by atoms with van der Waals surface area (Å²) in [6.07, 6.45) is 4.71. The van der Waals surface area contributed by atoms with Gasteiger partial charge in [0.2, 0.25) is 0 Å². The van der Waals surface area contributed by atoms with Gasteiger partial charge in [0, 0.05) is 24.1 Å². The molecule has 2 saturated heterocycles. The van der Waals surface area contributed by atoms with Crippen molar-refractivity contribution in [3.05, 3.63) is 41.2 Å². The van der Waals surface area contributed by atoms with Crippen LogP contribution in [0.15, 0.2) is 29.8 Å². The van der Waals surface area contributed by atoms with Crippen molar-refractivity contribution in [1.82, 2.24) is 4.90 Å². The fourth-order valence-corrected chi connectivity index (χ4v) is 3.07. The van der Waals surface area contributed by atoms with Crippen LogP contribution in [0.5, 0.6) is 0 Å². The van der Waals surface area contributed by atoms with E-state index in [9.17, 15) is 9.18 Å². The maximum atomic E-state index is 12.9. The van der Waals surface area contributed by atoms with Gasteiger partial charge < -0.3 is 0 Å². The van der Waals surface area contributed by atoms with Gasteiger partial charge >= 0.3 is 0 Å². The molecule has 0 aromatic heterocycles. The Bertz CT molecular complexity index is 506. The van der Waals surface area contributed by atoms with Gasteiger partial charge in [-0.2, -0.15) is 0 Å². The van der Waals surface area contributed by atoms with Gasteiger partial charge in [-0.1, -0.05) is 12.1 Å². The second-order valence-electron chi connectivity index (χ2n) is 5.19. The van der Waals surface area contributed by atoms with Crippen molar-refractivity contribution in [2.45, 2.75) is 31.3 Å². The summed E-state index contributed by atoms with van der Waals surface area (Å²) in [5, 5.41) is 0. The Morgan fingerprint density at radius 1 is 1.28 bits per heavy atom. The molecule has 1 aromatic carbocycles. The summed E-state index contributed by atoms with van der Waals surface area (Å²) in [6, 6.07) is 6.98. The Balaban J connectivity index is 1.94. The largest absolute Gasteiger partial charge is 0.296 e. The van der Waals surface area contributed by atoms with E-state index in [0.29, 0.717) is 12.5 Å². The van der Waals surface area contributed by atoms with Gasteiger partial charge in [0.05, 0.1) is 0 Å². The summed E-state index contributed by atoms with van der Waals surface area (Å²) < 4.78 is 12.9. The zero-order valence-electron chi connectivity index (χ0n) is 10.4. The minimum atomic E-state index is -0.245. The van der Waals surface area contributed by atoms with Crippen LogP contribution >= 0.6 is 0 Å². The molecule has 1 aromatic rings. The van der Waals surface area contributed by atoms with Crippen LogP contribution in [-0.2, 0) is 4.79 Å². The highest BCUT2D eigenvalue weighted by molar-refractivity contribution is 6.02. The summed E-state index contributed by atoms with van der Waals surface area (Å²) in [7, 11) is 2.09. The Kier molecular flexibility index (Phi) is 2.78. The number of nitrogens with zero attached hydrogens (tertiary/aromatic N) is 1. The number of carbonyl (C=O) groups is 1. The predicted molar refractivity (Wildman–Crippen MR) is 68.6 cm³/mol. The van der Waals surface area contributed by atoms with Crippen LogP contribution in [0.3, 0.4) is 0 Å². The van der Waals surface area contributed by atoms with Gasteiger partial charge in [-0.25, -0.2) is 4.39 Å². The quantitative estimate of drug-likeness (QED) is 0.709. The van der Waals surface area contributed by atoms with E-state index in [1.165, 1.54) is 12.1 Å². The molecule has 0 spiro atoms. The van der Waals surface area contributed by atoms with E-state index >= 15 is 0 Å². The molecule has 3 rings (SSSR count). The molecule has 3 heteroatoms. The summed E-state index contributed by atoms with van der Waals surface area (Å²) in [6.45, 7) is 0. The van der Waals surface area contributed by atoms with E-state index in [0.717, 1.165) is 24.0 Å². The van der Waals surface area contributed by atoms with E-state index in [2.05, 4.69) is 11.9 Å². The smallest absolute Gasteiger partial charge is 0.162 e. The normalized spacial score (nSPS) is 30.1. The summed E-state index contributed by atoms with van der Waals surface area (Å²) in [5.74, 6) is 0.00935. The van der Waals surface area contributed by atoms with E-state index in [4.69, 9.17) is 0 Å². The van der Waals surface area contributed by atoms with Crippen molar-refractivity contribution in [3.8, 4) is 0 Å². The molecule has 2 bridgehead atoms. The molecule has 94 valence electrons. The van der Waals surface area contributed by atoms with E-state index in [1.54, 1.807) is 12.1 Å². The lowest BCUT2D eigenvalue weighted by molar-refractivity contribution is -0.118. The number of carbonyl (C=O) groups excluding carboxylic acids is 1. The molecule has 0 amide bonds. The number of halogens is 1. The summed E-state index contributed by atoms with van der Waals surface area (Å²) in [4.78, 5) is 14.4. The fraction of sp³-hybridized carbons (Fsp3) is 0.400. The van der Waals surface area contributed by atoms with Crippen LogP contribution in [0.1, 0.15) is 24.8 Å². The number of rotatable bonds is 1. The molecular formula is C15H16FNO. The van der Waals surface area contributed by atoms with Crippen LogP contribution in [-0.4, -0.2) is 29.8 Å². The average molecular weight is 245 g/mol. The maximum absolute atomic E-state index is 12.9. The predicted octanol–water partition coefficient (Wildman–Crippen LogP) is 2.64. The van der Waals surface area contributed by atoms with Crippen LogP contribution in [0.25, 0.3) is 6.08 Å². The highest BCUT2D eigenvalue weighted by atomic mass is 19.1. The SMILES string of the molecule is CN1[C@H]2CC[C@H]1/C(=C/c1ccc(F)cc1)C(=O)C2. The van der Waals surface area contributed by atoms with Gasteiger partial charge in [-0.05, 0) is 43.7 Å². The molecule has 0 N–H and O–H groups in total. The third-order valence-electron chi connectivity index (χ3n) is 4.14. The molecule has 2 heterocycles. The molecule has 0 saturated carbocycles. The van der Waals surface area contributed by atoms with Crippen molar-refractivity contribution >= 4 is 11.9 Å². The number of hydrogen-bond donors (Lipinski definition) is 0. The first-order valence-corrected chi connectivity index (χ1v) is 6.37. The first-order valence-electron chi connectivity index (χ1n) is 6.37.